The summed E-state index contributed by atoms with van der Waals surface area (Å²) in [5.74, 6) is 0.0484. The topological polar surface area (TPSA) is 112 Å². The minimum absolute atomic E-state index is 0.0484. The van der Waals surface area contributed by atoms with Crippen molar-refractivity contribution in [2.24, 2.45) is 10.2 Å². The molecular weight excluding hydrogens is 410 g/mol. The van der Waals surface area contributed by atoms with Crippen LogP contribution in [0.1, 0.15) is 5.56 Å². The molecule has 0 aliphatic carbocycles. The Morgan fingerprint density at radius 1 is 0.966 bits per heavy atom. The predicted octanol–water partition coefficient (Wildman–Crippen LogP) is 5.64. The molecule has 29 heavy (non-hydrogen) atoms. The van der Waals surface area contributed by atoms with E-state index in [2.05, 4.69) is 15.2 Å². The Morgan fingerprint density at radius 3 is 2.38 bits per heavy atom. The van der Waals surface area contributed by atoms with Crippen LogP contribution >= 0.6 is 11.3 Å². The number of rotatable bonds is 4. The monoisotopic (exact) mass is 425 g/mol. The summed E-state index contributed by atoms with van der Waals surface area (Å²) >= 11 is 1.20. The highest BCUT2D eigenvalue weighted by molar-refractivity contribution is 7.86. The molecule has 0 saturated carbocycles. The van der Waals surface area contributed by atoms with Gasteiger partial charge in [-0.2, -0.15) is 13.5 Å². The number of phenolic OH excluding ortho intramolecular Hbond substituents is 1. The van der Waals surface area contributed by atoms with Gasteiger partial charge in [-0.1, -0.05) is 18.2 Å². The Kier molecular flexibility index (Phi) is 4.87. The van der Waals surface area contributed by atoms with E-state index in [1.807, 2.05) is 0 Å². The van der Waals surface area contributed by atoms with E-state index in [4.69, 9.17) is 0 Å². The zero-order valence-electron chi connectivity index (χ0n) is 15.1. The molecule has 1 aromatic heterocycles. The number of aromatic nitrogens is 1. The molecule has 4 aromatic rings. The van der Waals surface area contributed by atoms with Gasteiger partial charge in [0.1, 0.15) is 21.3 Å². The molecule has 0 unspecified atom stereocenters. The zero-order valence-corrected chi connectivity index (χ0v) is 16.8. The molecular formula is C20H15N3O4S2. The molecule has 0 aliphatic rings. The van der Waals surface area contributed by atoms with E-state index in [9.17, 15) is 18.1 Å². The summed E-state index contributed by atoms with van der Waals surface area (Å²) in [4.78, 5) is 4.38. The van der Waals surface area contributed by atoms with Crippen molar-refractivity contribution in [2.45, 2.75) is 11.8 Å². The summed E-state index contributed by atoms with van der Waals surface area (Å²) in [6.45, 7) is 1.63. The van der Waals surface area contributed by atoms with Gasteiger partial charge in [-0.05, 0) is 55.0 Å². The molecule has 146 valence electrons. The van der Waals surface area contributed by atoms with E-state index >= 15 is 0 Å². The summed E-state index contributed by atoms with van der Waals surface area (Å²) < 4.78 is 33.5. The van der Waals surface area contributed by atoms with Gasteiger partial charge in [-0.3, -0.25) is 4.55 Å². The number of aryl methyl sites for hydroxylation is 1. The third-order valence-corrected chi connectivity index (χ3v) is 6.55. The van der Waals surface area contributed by atoms with Crippen LogP contribution in [-0.4, -0.2) is 23.1 Å². The molecule has 0 fully saturated rings. The number of azo groups is 1. The lowest BCUT2D eigenvalue weighted by atomic mass is 10.2. The van der Waals surface area contributed by atoms with E-state index in [1.54, 1.807) is 61.5 Å². The molecule has 4 rings (SSSR count). The maximum Gasteiger partial charge on any atom is 0.296 e. The number of thiazole rings is 1. The van der Waals surface area contributed by atoms with Crippen LogP contribution < -0.4 is 0 Å². The van der Waals surface area contributed by atoms with Gasteiger partial charge in [0, 0.05) is 5.56 Å². The van der Waals surface area contributed by atoms with E-state index in [1.165, 1.54) is 17.4 Å². The Hall–Kier alpha value is -3.14. The fourth-order valence-electron chi connectivity index (χ4n) is 2.84. The number of phenols is 1. The van der Waals surface area contributed by atoms with Crippen molar-refractivity contribution in [1.29, 1.82) is 0 Å². The minimum atomic E-state index is -4.35. The SMILES string of the molecule is Cc1ccc2nc(-c3ccc(N=Nc4ccccc4O)cc3)sc2c1S(=O)(=O)O. The molecule has 0 amide bonds. The lowest BCUT2D eigenvalue weighted by Crippen LogP contribution is -2.00. The molecule has 0 radical (unpaired) electrons. The van der Waals surface area contributed by atoms with Crippen LogP contribution in [0.3, 0.4) is 0 Å². The predicted molar refractivity (Wildman–Crippen MR) is 112 cm³/mol. The first-order valence-corrected chi connectivity index (χ1v) is 10.8. The molecule has 3 aromatic carbocycles. The van der Waals surface area contributed by atoms with Crippen LogP contribution in [0.2, 0.25) is 0 Å². The van der Waals surface area contributed by atoms with Crippen LogP contribution in [0.25, 0.3) is 20.8 Å². The minimum Gasteiger partial charge on any atom is -0.506 e. The Labute approximate surface area is 170 Å². The molecule has 1 heterocycles. The van der Waals surface area contributed by atoms with Gasteiger partial charge >= 0.3 is 0 Å². The molecule has 0 bridgehead atoms. The fourth-order valence-corrected chi connectivity index (χ4v) is 5.16. The Morgan fingerprint density at radius 2 is 1.69 bits per heavy atom. The number of benzene rings is 3. The van der Waals surface area contributed by atoms with Gasteiger partial charge in [0.25, 0.3) is 10.1 Å². The second kappa shape index (κ2) is 7.36. The van der Waals surface area contributed by atoms with Crippen LogP contribution in [0.5, 0.6) is 5.75 Å². The van der Waals surface area contributed by atoms with Crippen LogP contribution in [0.15, 0.2) is 75.8 Å². The summed E-state index contributed by atoms with van der Waals surface area (Å²) in [5, 5.41) is 18.5. The molecule has 2 N–H and O–H groups in total. The van der Waals surface area contributed by atoms with Crippen molar-refractivity contribution < 1.29 is 18.1 Å². The Bertz CT molecular complexity index is 1340. The van der Waals surface area contributed by atoms with Crippen molar-refractivity contribution in [3.8, 4) is 16.3 Å². The van der Waals surface area contributed by atoms with Gasteiger partial charge in [-0.25, -0.2) is 4.98 Å². The summed E-state index contributed by atoms with van der Waals surface area (Å²) in [5.41, 5.74) is 2.72. The smallest absolute Gasteiger partial charge is 0.296 e. The molecule has 0 aliphatic heterocycles. The van der Waals surface area contributed by atoms with Gasteiger partial charge in [0.2, 0.25) is 0 Å². The molecule has 0 atom stereocenters. The van der Waals surface area contributed by atoms with Gasteiger partial charge in [-0.15, -0.1) is 16.5 Å². The number of aromatic hydroxyl groups is 1. The summed E-state index contributed by atoms with van der Waals surface area (Å²) in [6.07, 6.45) is 0. The number of fused-ring (bicyclic) bond motifs is 1. The van der Waals surface area contributed by atoms with E-state index in [0.717, 1.165) is 5.56 Å². The van der Waals surface area contributed by atoms with Crippen molar-refractivity contribution in [2.75, 3.05) is 0 Å². The molecule has 0 saturated heterocycles. The first-order valence-electron chi connectivity index (χ1n) is 8.51. The number of hydrogen-bond donors (Lipinski definition) is 2. The lowest BCUT2D eigenvalue weighted by molar-refractivity contribution is 0.476. The quantitative estimate of drug-likeness (QED) is 0.325. The number of para-hydroxylation sites is 1. The first kappa shape index (κ1) is 19.2. The highest BCUT2D eigenvalue weighted by Crippen LogP contribution is 2.36. The summed E-state index contributed by atoms with van der Waals surface area (Å²) in [6, 6.07) is 17.1. The standard InChI is InChI=1S/C20H15N3O4S2/c1-12-6-11-16-18(19(12)29(25,26)27)28-20(21-16)13-7-9-14(10-8-13)22-23-15-4-2-3-5-17(15)24/h2-11,24H,1H3,(H,25,26,27). The normalized spacial score (nSPS) is 12.1. The Balaban J connectivity index is 1.68. The van der Waals surface area contributed by atoms with Crippen molar-refractivity contribution in [3.05, 3.63) is 66.2 Å². The summed E-state index contributed by atoms with van der Waals surface area (Å²) in [7, 11) is -4.35. The number of hydrogen-bond acceptors (Lipinski definition) is 7. The second-order valence-electron chi connectivity index (χ2n) is 6.29. The van der Waals surface area contributed by atoms with Crippen molar-refractivity contribution >= 4 is 43.0 Å². The van der Waals surface area contributed by atoms with E-state index in [0.29, 0.717) is 32.2 Å². The van der Waals surface area contributed by atoms with Gasteiger partial charge in [0.05, 0.1) is 15.9 Å². The highest BCUT2D eigenvalue weighted by Gasteiger charge is 2.20. The van der Waals surface area contributed by atoms with Gasteiger partial charge < -0.3 is 5.11 Å². The van der Waals surface area contributed by atoms with E-state index < -0.39 is 10.1 Å². The third-order valence-electron chi connectivity index (χ3n) is 4.24. The van der Waals surface area contributed by atoms with Crippen LogP contribution in [0.4, 0.5) is 11.4 Å². The average Bonchev–Trinajstić information content (AvgIpc) is 3.10. The maximum absolute atomic E-state index is 11.8. The first-order chi connectivity index (χ1) is 13.8. The molecule has 0 spiro atoms. The van der Waals surface area contributed by atoms with Gasteiger partial charge in [0.15, 0.2) is 0 Å². The second-order valence-corrected chi connectivity index (χ2v) is 8.65. The molecule has 7 nitrogen and oxygen atoms in total. The molecule has 9 heteroatoms. The highest BCUT2D eigenvalue weighted by atomic mass is 32.2. The van der Waals surface area contributed by atoms with Crippen molar-refractivity contribution in [3.63, 3.8) is 0 Å². The van der Waals surface area contributed by atoms with Crippen LogP contribution in [0, 0.1) is 6.92 Å². The number of nitrogens with zero attached hydrogens (tertiary/aromatic N) is 3. The lowest BCUT2D eigenvalue weighted by Gasteiger charge is -2.02. The van der Waals surface area contributed by atoms with Crippen molar-refractivity contribution in [1.82, 2.24) is 4.98 Å². The largest absolute Gasteiger partial charge is 0.506 e. The van der Waals surface area contributed by atoms with E-state index in [-0.39, 0.29) is 10.6 Å². The zero-order chi connectivity index (χ0) is 20.6. The average molecular weight is 425 g/mol. The van der Waals surface area contributed by atoms with Crippen LogP contribution in [-0.2, 0) is 10.1 Å². The maximum atomic E-state index is 11.8. The third kappa shape index (κ3) is 3.88. The fraction of sp³-hybridized carbons (Fsp3) is 0.0500.